The van der Waals surface area contributed by atoms with Crippen LogP contribution in [0.5, 0.6) is 11.5 Å². The third kappa shape index (κ3) is 2.85. The van der Waals surface area contributed by atoms with Crippen molar-refractivity contribution in [2.45, 2.75) is 13.8 Å². The summed E-state index contributed by atoms with van der Waals surface area (Å²) in [5.74, 6) is 1.77. The quantitative estimate of drug-likeness (QED) is 0.670. The Hall–Kier alpha value is -3.16. The van der Waals surface area contributed by atoms with Crippen molar-refractivity contribution < 1.29 is 9.47 Å². The minimum atomic E-state index is 0.513. The van der Waals surface area contributed by atoms with Gasteiger partial charge in [-0.1, -0.05) is 6.07 Å². The molecule has 0 aliphatic carbocycles. The lowest BCUT2D eigenvalue weighted by atomic mass is 10.2. The second kappa shape index (κ2) is 6.53. The van der Waals surface area contributed by atoms with Crippen LogP contribution in [0.15, 0.2) is 35.7 Å². The van der Waals surface area contributed by atoms with Crippen LogP contribution in [0.1, 0.15) is 17.0 Å². The van der Waals surface area contributed by atoms with Gasteiger partial charge in [0, 0.05) is 11.3 Å². The minimum absolute atomic E-state index is 0.513. The third-order valence-electron chi connectivity index (χ3n) is 3.47. The Morgan fingerprint density at radius 2 is 2.00 bits per heavy atom. The van der Waals surface area contributed by atoms with Crippen LogP contribution >= 0.6 is 0 Å². The highest BCUT2D eigenvalue weighted by atomic mass is 16.5. The predicted octanol–water partition coefficient (Wildman–Crippen LogP) is 1.98. The summed E-state index contributed by atoms with van der Waals surface area (Å²) in [4.78, 5) is 0. The second-order valence-corrected chi connectivity index (χ2v) is 5.14. The van der Waals surface area contributed by atoms with E-state index < -0.39 is 0 Å². The number of hydrogen-bond donors (Lipinski definition) is 0. The molecule has 0 spiro atoms. The largest absolute Gasteiger partial charge is 0.493 e. The first-order valence-corrected chi connectivity index (χ1v) is 7.33. The normalized spacial score (nSPS) is 11.2. The molecule has 8 nitrogen and oxygen atoms in total. The van der Waals surface area contributed by atoms with E-state index in [1.165, 1.54) is 6.33 Å². The van der Waals surface area contributed by atoms with Crippen LogP contribution < -0.4 is 9.47 Å². The lowest BCUT2D eigenvalue weighted by molar-refractivity contribution is 0.354. The Kier molecular flexibility index (Phi) is 4.28. The monoisotopic (exact) mass is 326 g/mol. The Balaban J connectivity index is 1.98. The highest BCUT2D eigenvalue weighted by Gasteiger charge is 2.11. The van der Waals surface area contributed by atoms with Gasteiger partial charge >= 0.3 is 0 Å². The molecular weight excluding hydrogens is 308 g/mol. The van der Waals surface area contributed by atoms with Crippen LogP contribution in [0, 0.1) is 13.8 Å². The summed E-state index contributed by atoms with van der Waals surface area (Å²) in [6, 6.07) is 7.55. The molecule has 0 aliphatic heterocycles. The van der Waals surface area contributed by atoms with Crippen molar-refractivity contribution in [3.05, 3.63) is 47.5 Å². The molecule has 0 bridgehead atoms. The molecule has 124 valence electrons. The molecule has 0 amide bonds. The molecular formula is C16H18N6O2. The Morgan fingerprint density at radius 3 is 2.67 bits per heavy atom. The van der Waals surface area contributed by atoms with E-state index in [4.69, 9.17) is 9.47 Å². The van der Waals surface area contributed by atoms with E-state index >= 15 is 0 Å². The van der Waals surface area contributed by atoms with Crippen LogP contribution in [0.3, 0.4) is 0 Å². The van der Waals surface area contributed by atoms with Gasteiger partial charge in [-0.25, -0.2) is 4.68 Å². The van der Waals surface area contributed by atoms with Gasteiger partial charge in [-0.2, -0.15) is 14.9 Å². The molecule has 0 fully saturated rings. The van der Waals surface area contributed by atoms with E-state index in [1.54, 1.807) is 29.8 Å². The van der Waals surface area contributed by atoms with Crippen molar-refractivity contribution in [3.63, 3.8) is 0 Å². The maximum atomic E-state index is 5.40. The number of hydrogen-bond acceptors (Lipinski definition) is 6. The number of benzene rings is 1. The van der Waals surface area contributed by atoms with E-state index in [0.717, 1.165) is 17.0 Å². The fourth-order valence-electron chi connectivity index (χ4n) is 2.41. The van der Waals surface area contributed by atoms with Gasteiger partial charge in [0.25, 0.3) is 5.95 Å². The van der Waals surface area contributed by atoms with Crippen molar-refractivity contribution >= 4 is 6.21 Å². The van der Waals surface area contributed by atoms with E-state index in [2.05, 4.69) is 20.4 Å². The molecule has 2 heterocycles. The van der Waals surface area contributed by atoms with Gasteiger partial charge in [0.05, 0.1) is 26.1 Å². The molecule has 8 heteroatoms. The zero-order valence-electron chi connectivity index (χ0n) is 14.0. The molecule has 0 N–H and O–H groups in total. The Labute approximate surface area is 139 Å². The highest BCUT2D eigenvalue weighted by Crippen LogP contribution is 2.29. The highest BCUT2D eigenvalue weighted by molar-refractivity contribution is 5.85. The third-order valence-corrected chi connectivity index (χ3v) is 3.47. The van der Waals surface area contributed by atoms with E-state index in [0.29, 0.717) is 17.4 Å². The summed E-state index contributed by atoms with van der Waals surface area (Å²) < 4.78 is 13.9. The average Bonchev–Trinajstić information content (AvgIpc) is 3.17. The summed E-state index contributed by atoms with van der Waals surface area (Å²) >= 11 is 0. The number of aromatic nitrogens is 5. The average molecular weight is 326 g/mol. The minimum Gasteiger partial charge on any atom is -0.493 e. The fourth-order valence-corrected chi connectivity index (χ4v) is 2.41. The van der Waals surface area contributed by atoms with Gasteiger partial charge in [0.15, 0.2) is 11.5 Å². The summed E-state index contributed by atoms with van der Waals surface area (Å²) in [7, 11) is 3.19. The summed E-state index contributed by atoms with van der Waals surface area (Å²) in [5.41, 5.74) is 2.64. The number of rotatable bonds is 5. The van der Waals surface area contributed by atoms with Gasteiger partial charge in [0.1, 0.15) is 6.33 Å². The first-order chi connectivity index (χ1) is 11.6. The number of ether oxygens (including phenoxy) is 2. The van der Waals surface area contributed by atoms with Gasteiger partial charge in [-0.05, 0) is 32.0 Å². The van der Waals surface area contributed by atoms with Gasteiger partial charge in [-0.3, -0.25) is 0 Å². The lowest BCUT2D eigenvalue weighted by Gasteiger charge is -2.09. The molecule has 2 aromatic heterocycles. The number of para-hydroxylation sites is 1. The molecule has 24 heavy (non-hydrogen) atoms. The SMILES string of the molecule is COc1cccc(/C=N\n2cnnc2-n2nc(C)cc2C)c1OC. The first-order valence-electron chi connectivity index (χ1n) is 7.33. The molecule has 0 saturated carbocycles. The van der Waals surface area contributed by atoms with Gasteiger partial charge in [0.2, 0.25) is 0 Å². The predicted molar refractivity (Wildman–Crippen MR) is 89.2 cm³/mol. The van der Waals surface area contributed by atoms with E-state index in [-0.39, 0.29) is 0 Å². The molecule has 0 radical (unpaired) electrons. The van der Waals surface area contributed by atoms with Crippen LogP contribution in [0.25, 0.3) is 5.95 Å². The van der Waals surface area contributed by atoms with Gasteiger partial charge in [-0.15, -0.1) is 10.2 Å². The fraction of sp³-hybridized carbons (Fsp3) is 0.250. The van der Waals surface area contributed by atoms with Crippen LogP contribution in [0.2, 0.25) is 0 Å². The maximum absolute atomic E-state index is 5.40. The molecule has 3 aromatic rings. The zero-order chi connectivity index (χ0) is 17.1. The van der Waals surface area contributed by atoms with E-state index in [9.17, 15) is 0 Å². The summed E-state index contributed by atoms with van der Waals surface area (Å²) in [5, 5.41) is 16.8. The second-order valence-electron chi connectivity index (χ2n) is 5.14. The van der Waals surface area contributed by atoms with Crippen molar-refractivity contribution in [1.29, 1.82) is 0 Å². The summed E-state index contributed by atoms with van der Waals surface area (Å²) in [6.07, 6.45) is 3.19. The standard InChI is InChI=1S/C16H18N6O2/c1-11-8-12(2)22(20-11)16-19-17-10-21(16)18-9-13-6-5-7-14(23-3)15(13)24-4/h5-10H,1-4H3/b18-9-. The number of aryl methyl sites for hydroxylation is 2. The van der Waals surface area contributed by atoms with Crippen molar-refractivity contribution in [2.24, 2.45) is 5.10 Å². The topological polar surface area (TPSA) is 79.4 Å². The van der Waals surface area contributed by atoms with E-state index in [1.807, 2.05) is 38.1 Å². The zero-order valence-corrected chi connectivity index (χ0v) is 14.0. The Bertz CT molecular complexity index is 881. The first kappa shape index (κ1) is 15.7. The van der Waals surface area contributed by atoms with Crippen LogP contribution in [0.4, 0.5) is 0 Å². The molecule has 3 rings (SSSR count). The molecule has 0 saturated heterocycles. The Morgan fingerprint density at radius 1 is 1.17 bits per heavy atom. The molecule has 0 atom stereocenters. The number of methoxy groups -OCH3 is 2. The van der Waals surface area contributed by atoms with Crippen molar-refractivity contribution in [2.75, 3.05) is 14.2 Å². The van der Waals surface area contributed by atoms with Crippen molar-refractivity contribution in [3.8, 4) is 17.4 Å². The lowest BCUT2D eigenvalue weighted by Crippen LogP contribution is -2.06. The maximum Gasteiger partial charge on any atom is 0.273 e. The molecule has 1 aromatic carbocycles. The van der Waals surface area contributed by atoms with Crippen LogP contribution in [-0.4, -0.2) is 45.1 Å². The molecule has 0 aliphatic rings. The summed E-state index contributed by atoms with van der Waals surface area (Å²) in [6.45, 7) is 3.88. The van der Waals surface area contributed by atoms with Crippen LogP contribution in [-0.2, 0) is 0 Å². The van der Waals surface area contributed by atoms with Gasteiger partial charge < -0.3 is 9.47 Å². The molecule has 0 unspecified atom stereocenters. The van der Waals surface area contributed by atoms with Crippen molar-refractivity contribution in [1.82, 2.24) is 24.7 Å². The smallest absolute Gasteiger partial charge is 0.273 e. The number of nitrogens with zero attached hydrogens (tertiary/aromatic N) is 6.